The van der Waals surface area contributed by atoms with E-state index in [2.05, 4.69) is 10.3 Å². The Labute approximate surface area is 157 Å². The molecule has 0 unspecified atom stereocenters. The van der Waals surface area contributed by atoms with Crippen molar-refractivity contribution in [3.8, 4) is 0 Å². The van der Waals surface area contributed by atoms with Crippen molar-refractivity contribution in [3.05, 3.63) is 53.2 Å². The largest absolute Gasteiger partial charge is 0.476 e. The predicted molar refractivity (Wildman–Crippen MR) is 96.4 cm³/mol. The zero-order chi connectivity index (χ0) is 20.0. The van der Waals surface area contributed by atoms with E-state index in [0.717, 1.165) is 5.56 Å². The van der Waals surface area contributed by atoms with Gasteiger partial charge in [-0.3, -0.25) is 0 Å². The van der Waals surface area contributed by atoms with Crippen LogP contribution >= 0.6 is 0 Å². The summed E-state index contributed by atoms with van der Waals surface area (Å²) in [7, 11) is 0. The first kappa shape index (κ1) is 20.4. The summed E-state index contributed by atoms with van der Waals surface area (Å²) in [5, 5.41) is 11.8. The highest BCUT2D eigenvalue weighted by Crippen LogP contribution is 2.19. The molecule has 8 heteroatoms. The van der Waals surface area contributed by atoms with Gasteiger partial charge < -0.3 is 24.3 Å². The number of hydrogen-bond donors (Lipinski definition) is 2. The van der Waals surface area contributed by atoms with Crippen LogP contribution in [0, 0.1) is 6.92 Å². The predicted octanol–water partition coefficient (Wildman–Crippen LogP) is 3.46. The van der Waals surface area contributed by atoms with Gasteiger partial charge in [0, 0.05) is 0 Å². The van der Waals surface area contributed by atoms with Crippen LogP contribution in [0.1, 0.15) is 54.5 Å². The summed E-state index contributed by atoms with van der Waals surface area (Å²) in [5.74, 6) is -1.01. The number of nitrogens with one attached hydrogen (secondary N) is 1. The molecule has 8 nitrogen and oxygen atoms in total. The van der Waals surface area contributed by atoms with Gasteiger partial charge in [-0.25, -0.2) is 14.6 Å². The maximum atomic E-state index is 12.1. The van der Waals surface area contributed by atoms with E-state index < -0.39 is 23.7 Å². The van der Waals surface area contributed by atoms with Gasteiger partial charge in [0.1, 0.15) is 17.4 Å². The fourth-order valence-electron chi connectivity index (χ4n) is 2.26. The third kappa shape index (κ3) is 6.41. The van der Waals surface area contributed by atoms with Crippen molar-refractivity contribution in [1.29, 1.82) is 0 Å². The molecule has 0 fully saturated rings. The van der Waals surface area contributed by atoms with Gasteiger partial charge >= 0.3 is 12.1 Å². The molecule has 0 radical (unpaired) electrons. The SMILES string of the molecule is Cc1oc([C@H](COCc2ccccc2)NC(=O)OC(C)(C)C)nc1C(=O)O. The van der Waals surface area contributed by atoms with E-state index in [1.807, 2.05) is 30.3 Å². The van der Waals surface area contributed by atoms with E-state index in [1.165, 1.54) is 6.92 Å². The molecule has 0 spiro atoms. The molecule has 1 aromatic carbocycles. The molecule has 0 bridgehead atoms. The van der Waals surface area contributed by atoms with E-state index >= 15 is 0 Å². The Hall–Kier alpha value is -2.87. The lowest BCUT2D eigenvalue weighted by Crippen LogP contribution is -2.36. The quantitative estimate of drug-likeness (QED) is 0.761. The highest BCUT2D eigenvalue weighted by atomic mass is 16.6. The number of benzene rings is 1. The normalized spacial score (nSPS) is 12.4. The fraction of sp³-hybridized carbons (Fsp3) is 0.421. The molecule has 2 rings (SSSR count). The third-order valence-corrected chi connectivity index (χ3v) is 3.40. The van der Waals surface area contributed by atoms with E-state index in [4.69, 9.17) is 19.0 Å². The number of alkyl carbamates (subject to hydrolysis) is 1. The van der Waals surface area contributed by atoms with Crippen molar-refractivity contribution in [1.82, 2.24) is 10.3 Å². The molecule has 0 aliphatic heterocycles. The molecule has 1 aromatic heterocycles. The first-order valence-electron chi connectivity index (χ1n) is 8.47. The molecule has 146 valence electrons. The second kappa shape index (κ2) is 8.68. The summed E-state index contributed by atoms with van der Waals surface area (Å²) in [6, 6.07) is 8.72. The Morgan fingerprint density at radius 3 is 2.48 bits per heavy atom. The number of carbonyl (C=O) groups excluding carboxylic acids is 1. The number of hydrogen-bond acceptors (Lipinski definition) is 6. The van der Waals surface area contributed by atoms with Crippen molar-refractivity contribution in [2.24, 2.45) is 0 Å². The van der Waals surface area contributed by atoms with E-state index in [-0.39, 0.29) is 24.0 Å². The van der Waals surface area contributed by atoms with Crippen molar-refractivity contribution >= 4 is 12.1 Å². The Morgan fingerprint density at radius 2 is 1.93 bits per heavy atom. The van der Waals surface area contributed by atoms with E-state index in [0.29, 0.717) is 6.61 Å². The van der Waals surface area contributed by atoms with Crippen LogP contribution in [0.2, 0.25) is 0 Å². The number of carbonyl (C=O) groups is 2. The number of nitrogens with zero attached hydrogens (tertiary/aromatic N) is 1. The first-order chi connectivity index (χ1) is 12.7. The Kier molecular flexibility index (Phi) is 6.57. The molecule has 0 saturated carbocycles. The first-order valence-corrected chi connectivity index (χ1v) is 8.47. The average Bonchev–Trinajstić information content (AvgIpc) is 2.95. The van der Waals surface area contributed by atoms with Crippen molar-refractivity contribution in [3.63, 3.8) is 0 Å². The van der Waals surface area contributed by atoms with Crippen LogP contribution in [0.4, 0.5) is 4.79 Å². The standard InChI is InChI=1S/C19H24N2O6/c1-12-15(17(22)23)21-16(26-12)14(20-18(24)27-19(2,3)4)11-25-10-13-8-6-5-7-9-13/h5-9,14H,10-11H2,1-4H3,(H,20,24)(H,22,23)/t14-/m0/s1. The monoisotopic (exact) mass is 376 g/mol. The van der Waals surface area contributed by atoms with Crippen LogP contribution in [0.3, 0.4) is 0 Å². The Balaban J connectivity index is 2.11. The number of ether oxygens (including phenoxy) is 2. The summed E-state index contributed by atoms with van der Waals surface area (Å²) >= 11 is 0. The number of aryl methyl sites for hydroxylation is 1. The number of rotatable bonds is 7. The maximum absolute atomic E-state index is 12.1. The van der Waals surface area contributed by atoms with Crippen LogP contribution in [-0.4, -0.2) is 34.4 Å². The molecule has 27 heavy (non-hydrogen) atoms. The van der Waals surface area contributed by atoms with Gasteiger partial charge in [0.05, 0.1) is 13.2 Å². The van der Waals surface area contributed by atoms with Gasteiger partial charge in [-0.2, -0.15) is 0 Å². The van der Waals surface area contributed by atoms with Crippen LogP contribution in [0.5, 0.6) is 0 Å². The number of aromatic carboxylic acids is 1. The van der Waals surface area contributed by atoms with Gasteiger partial charge in [0.15, 0.2) is 5.69 Å². The molecular weight excluding hydrogens is 352 g/mol. The van der Waals surface area contributed by atoms with Gasteiger partial charge in [-0.15, -0.1) is 0 Å². The lowest BCUT2D eigenvalue weighted by Gasteiger charge is -2.22. The van der Waals surface area contributed by atoms with Gasteiger partial charge in [-0.05, 0) is 33.3 Å². The Bertz CT molecular complexity index is 779. The summed E-state index contributed by atoms with van der Waals surface area (Å²) in [6.45, 7) is 7.07. The highest BCUT2D eigenvalue weighted by molar-refractivity contribution is 5.86. The number of aromatic nitrogens is 1. The number of carboxylic acid groups (broad SMARTS) is 1. The lowest BCUT2D eigenvalue weighted by atomic mass is 10.2. The number of carboxylic acids is 1. The second-order valence-corrected chi connectivity index (χ2v) is 6.96. The van der Waals surface area contributed by atoms with E-state index in [9.17, 15) is 9.59 Å². The molecular formula is C19H24N2O6. The smallest absolute Gasteiger partial charge is 0.408 e. The molecule has 0 aliphatic carbocycles. The Morgan fingerprint density at radius 1 is 1.26 bits per heavy atom. The van der Waals surface area contributed by atoms with Crippen molar-refractivity contribution in [2.45, 2.75) is 45.9 Å². The van der Waals surface area contributed by atoms with Crippen molar-refractivity contribution < 1.29 is 28.6 Å². The van der Waals surface area contributed by atoms with Gasteiger partial charge in [0.2, 0.25) is 5.89 Å². The molecule has 1 heterocycles. The van der Waals surface area contributed by atoms with Gasteiger partial charge in [0.25, 0.3) is 0 Å². The lowest BCUT2D eigenvalue weighted by molar-refractivity contribution is 0.0403. The van der Waals surface area contributed by atoms with Crippen LogP contribution < -0.4 is 5.32 Å². The zero-order valence-corrected chi connectivity index (χ0v) is 15.8. The molecule has 2 aromatic rings. The van der Waals surface area contributed by atoms with Crippen LogP contribution in [0.25, 0.3) is 0 Å². The maximum Gasteiger partial charge on any atom is 0.408 e. The molecule has 1 amide bonds. The fourth-order valence-corrected chi connectivity index (χ4v) is 2.26. The second-order valence-electron chi connectivity index (χ2n) is 6.96. The molecule has 2 N–H and O–H groups in total. The summed E-state index contributed by atoms with van der Waals surface area (Å²) in [5.41, 5.74) is 0.0746. The zero-order valence-electron chi connectivity index (χ0n) is 15.8. The summed E-state index contributed by atoms with van der Waals surface area (Å²) in [6.07, 6.45) is -0.677. The topological polar surface area (TPSA) is 111 Å². The summed E-state index contributed by atoms with van der Waals surface area (Å²) < 4.78 is 16.3. The average molecular weight is 376 g/mol. The van der Waals surface area contributed by atoms with E-state index in [1.54, 1.807) is 20.8 Å². The molecule has 0 saturated heterocycles. The minimum absolute atomic E-state index is 0.0349. The minimum atomic E-state index is -1.20. The number of oxazole rings is 1. The van der Waals surface area contributed by atoms with Crippen molar-refractivity contribution in [2.75, 3.05) is 6.61 Å². The third-order valence-electron chi connectivity index (χ3n) is 3.40. The minimum Gasteiger partial charge on any atom is -0.476 e. The highest BCUT2D eigenvalue weighted by Gasteiger charge is 2.26. The van der Waals surface area contributed by atoms with Crippen LogP contribution in [-0.2, 0) is 16.1 Å². The van der Waals surface area contributed by atoms with Gasteiger partial charge in [-0.1, -0.05) is 30.3 Å². The molecule has 0 aliphatic rings. The summed E-state index contributed by atoms with van der Waals surface area (Å²) in [4.78, 5) is 27.3. The molecule has 1 atom stereocenters. The van der Waals surface area contributed by atoms with Crippen LogP contribution in [0.15, 0.2) is 34.7 Å². The number of amides is 1.